The van der Waals surface area contributed by atoms with Crippen molar-refractivity contribution in [3.63, 3.8) is 0 Å². The van der Waals surface area contributed by atoms with Crippen LogP contribution in [0, 0.1) is 11.8 Å². The number of nitrogens with one attached hydrogen (secondary N) is 1. The maximum absolute atomic E-state index is 12.9. The molecule has 1 aromatic rings. The van der Waals surface area contributed by atoms with Crippen molar-refractivity contribution in [1.82, 2.24) is 10.2 Å². The number of nitrogens with zero attached hydrogens (tertiary/aromatic N) is 1. The molecule has 0 aliphatic carbocycles. The van der Waals surface area contributed by atoms with Crippen LogP contribution in [0.5, 0.6) is 11.5 Å². The predicted molar refractivity (Wildman–Crippen MR) is 110 cm³/mol. The van der Waals surface area contributed by atoms with E-state index < -0.39 is 0 Å². The lowest BCUT2D eigenvalue weighted by atomic mass is 9.87. The molecule has 1 aliphatic rings. The van der Waals surface area contributed by atoms with Gasteiger partial charge in [-0.25, -0.2) is 0 Å². The molecule has 1 saturated heterocycles. The van der Waals surface area contributed by atoms with Gasteiger partial charge in [-0.2, -0.15) is 0 Å². The largest absolute Gasteiger partial charge is 0.497 e. The van der Waals surface area contributed by atoms with E-state index in [1.54, 1.807) is 14.2 Å². The van der Waals surface area contributed by atoms with E-state index in [1.807, 2.05) is 36.9 Å². The Morgan fingerprint density at radius 2 is 1.96 bits per heavy atom. The van der Waals surface area contributed by atoms with E-state index in [-0.39, 0.29) is 23.7 Å². The van der Waals surface area contributed by atoms with Crippen LogP contribution in [0.2, 0.25) is 0 Å². The number of benzene rings is 1. The van der Waals surface area contributed by atoms with Gasteiger partial charge in [0.25, 0.3) is 0 Å². The van der Waals surface area contributed by atoms with Gasteiger partial charge in [-0.1, -0.05) is 33.3 Å². The van der Waals surface area contributed by atoms with Crippen LogP contribution < -0.4 is 14.8 Å². The van der Waals surface area contributed by atoms with Crippen molar-refractivity contribution in [2.75, 3.05) is 33.9 Å². The first-order chi connectivity index (χ1) is 13.4. The molecule has 0 aromatic heterocycles. The SMILES string of the molecule is CCCCNC(=O)[C@@H]1CN(C(=O)CC(C)C)C[C@@H]1c1ccc(OC)cc1OC. The summed E-state index contributed by atoms with van der Waals surface area (Å²) in [6.07, 6.45) is 2.47. The second kappa shape index (κ2) is 10.3. The molecule has 1 fully saturated rings. The number of methoxy groups -OCH3 is 2. The van der Waals surface area contributed by atoms with E-state index in [0.29, 0.717) is 43.5 Å². The highest BCUT2D eigenvalue weighted by Gasteiger charge is 2.41. The van der Waals surface area contributed by atoms with E-state index >= 15 is 0 Å². The number of likely N-dealkylation sites (tertiary alicyclic amines) is 1. The molecule has 2 amide bonds. The van der Waals surface area contributed by atoms with Gasteiger partial charge in [-0.3, -0.25) is 9.59 Å². The van der Waals surface area contributed by atoms with Crippen molar-refractivity contribution < 1.29 is 19.1 Å². The molecule has 0 bridgehead atoms. The Morgan fingerprint density at radius 1 is 1.21 bits per heavy atom. The topological polar surface area (TPSA) is 67.9 Å². The normalized spacial score (nSPS) is 19.0. The third-order valence-electron chi connectivity index (χ3n) is 5.26. The minimum atomic E-state index is -0.282. The maximum atomic E-state index is 12.9. The highest BCUT2D eigenvalue weighted by Crippen LogP contribution is 2.39. The minimum Gasteiger partial charge on any atom is -0.497 e. The molecular weight excluding hydrogens is 356 g/mol. The smallest absolute Gasteiger partial charge is 0.225 e. The van der Waals surface area contributed by atoms with Crippen molar-refractivity contribution in [2.24, 2.45) is 11.8 Å². The van der Waals surface area contributed by atoms with Crippen LogP contribution in [0.1, 0.15) is 51.5 Å². The molecule has 1 heterocycles. The lowest BCUT2D eigenvalue weighted by Crippen LogP contribution is -2.36. The molecule has 1 aromatic carbocycles. The molecule has 1 aliphatic heterocycles. The summed E-state index contributed by atoms with van der Waals surface area (Å²) in [4.78, 5) is 27.4. The quantitative estimate of drug-likeness (QED) is 0.658. The second-order valence-electron chi connectivity index (χ2n) is 7.86. The highest BCUT2D eigenvalue weighted by atomic mass is 16.5. The summed E-state index contributed by atoms with van der Waals surface area (Å²) in [5, 5.41) is 3.04. The monoisotopic (exact) mass is 390 g/mol. The van der Waals surface area contributed by atoms with Crippen molar-refractivity contribution in [3.05, 3.63) is 23.8 Å². The Balaban J connectivity index is 2.28. The zero-order valence-corrected chi connectivity index (χ0v) is 17.8. The molecule has 28 heavy (non-hydrogen) atoms. The summed E-state index contributed by atoms with van der Waals surface area (Å²) < 4.78 is 10.9. The van der Waals surface area contributed by atoms with Gasteiger partial charge < -0.3 is 19.7 Å². The molecule has 2 rings (SSSR count). The van der Waals surface area contributed by atoms with Gasteiger partial charge in [0.2, 0.25) is 11.8 Å². The number of carbonyl (C=O) groups excluding carboxylic acids is 2. The van der Waals surface area contributed by atoms with Crippen LogP contribution in [0.25, 0.3) is 0 Å². The maximum Gasteiger partial charge on any atom is 0.225 e. The Hall–Kier alpha value is -2.24. The van der Waals surface area contributed by atoms with Crippen LogP contribution in [0.3, 0.4) is 0 Å². The van der Waals surface area contributed by atoms with Gasteiger partial charge in [-0.15, -0.1) is 0 Å². The number of rotatable bonds is 9. The van der Waals surface area contributed by atoms with Crippen molar-refractivity contribution in [2.45, 2.75) is 46.0 Å². The van der Waals surface area contributed by atoms with Gasteiger partial charge in [0, 0.05) is 43.6 Å². The third kappa shape index (κ3) is 5.40. The molecule has 0 spiro atoms. The molecule has 1 N–H and O–H groups in total. The molecule has 2 atom stereocenters. The third-order valence-corrected chi connectivity index (χ3v) is 5.26. The summed E-state index contributed by atoms with van der Waals surface area (Å²) in [5.41, 5.74) is 0.943. The first kappa shape index (κ1) is 22.1. The van der Waals surface area contributed by atoms with Crippen LogP contribution in [0.4, 0.5) is 0 Å². The summed E-state index contributed by atoms with van der Waals surface area (Å²) in [6.45, 7) is 7.81. The van der Waals surface area contributed by atoms with Crippen molar-refractivity contribution >= 4 is 11.8 Å². The summed E-state index contributed by atoms with van der Waals surface area (Å²) in [6, 6.07) is 5.66. The average molecular weight is 391 g/mol. The molecule has 156 valence electrons. The van der Waals surface area contributed by atoms with Gasteiger partial charge in [0.1, 0.15) is 11.5 Å². The fourth-order valence-corrected chi connectivity index (χ4v) is 3.71. The number of ether oxygens (including phenoxy) is 2. The molecule has 0 radical (unpaired) electrons. The first-order valence-corrected chi connectivity index (χ1v) is 10.2. The summed E-state index contributed by atoms with van der Waals surface area (Å²) >= 11 is 0. The lowest BCUT2D eigenvalue weighted by Gasteiger charge is -2.21. The van der Waals surface area contributed by atoms with E-state index in [4.69, 9.17) is 9.47 Å². The number of amides is 2. The Bertz CT molecular complexity index is 675. The number of hydrogen-bond donors (Lipinski definition) is 1. The van der Waals surface area contributed by atoms with E-state index in [9.17, 15) is 9.59 Å². The molecule has 0 saturated carbocycles. The lowest BCUT2D eigenvalue weighted by molar-refractivity contribution is -0.131. The summed E-state index contributed by atoms with van der Waals surface area (Å²) in [7, 11) is 3.23. The van der Waals surface area contributed by atoms with Crippen molar-refractivity contribution in [3.8, 4) is 11.5 Å². The Morgan fingerprint density at radius 3 is 2.57 bits per heavy atom. The molecule has 6 nitrogen and oxygen atoms in total. The predicted octanol–water partition coefficient (Wildman–Crippen LogP) is 3.21. The molecule has 0 unspecified atom stereocenters. The highest BCUT2D eigenvalue weighted by molar-refractivity contribution is 5.83. The molecule has 6 heteroatoms. The van der Waals surface area contributed by atoms with Gasteiger partial charge in [-0.05, 0) is 18.4 Å². The second-order valence-corrected chi connectivity index (χ2v) is 7.86. The standard InChI is InChI=1S/C22H34N2O4/c1-6-7-10-23-22(26)19-14-24(21(25)11-15(2)3)13-18(19)17-9-8-16(27-4)12-20(17)28-5/h8-9,12,15,18-19H,6-7,10-11,13-14H2,1-5H3,(H,23,26)/t18-,19-/m1/s1. The van der Waals surface area contributed by atoms with Crippen LogP contribution >= 0.6 is 0 Å². The first-order valence-electron chi connectivity index (χ1n) is 10.2. The van der Waals surface area contributed by atoms with Gasteiger partial charge in [0.05, 0.1) is 20.1 Å². The van der Waals surface area contributed by atoms with E-state index in [0.717, 1.165) is 18.4 Å². The van der Waals surface area contributed by atoms with Crippen molar-refractivity contribution in [1.29, 1.82) is 0 Å². The van der Waals surface area contributed by atoms with Crippen LogP contribution in [0.15, 0.2) is 18.2 Å². The zero-order chi connectivity index (χ0) is 20.7. The molecular formula is C22H34N2O4. The Labute approximate surface area is 168 Å². The average Bonchev–Trinajstić information content (AvgIpc) is 3.12. The van der Waals surface area contributed by atoms with Gasteiger partial charge >= 0.3 is 0 Å². The van der Waals surface area contributed by atoms with Crippen LogP contribution in [-0.2, 0) is 9.59 Å². The Kier molecular flexibility index (Phi) is 8.15. The number of hydrogen-bond acceptors (Lipinski definition) is 4. The minimum absolute atomic E-state index is 0.0103. The number of unbranched alkanes of at least 4 members (excludes halogenated alkanes) is 1. The van der Waals surface area contributed by atoms with Gasteiger partial charge in [0.15, 0.2) is 0 Å². The zero-order valence-electron chi connectivity index (χ0n) is 17.8. The van der Waals surface area contributed by atoms with E-state index in [1.165, 1.54) is 0 Å². The number of carbonyl (C=O) groups is 2. The van der Waals surface area contributed by atoms with E-state index in [2.05, 4.69) is 12.2 Å². The fraction of sp³-hybridized carbons (Fsp3) is 0.636. The fourth-order valence-electron chi connectivity index (χ4n) is 3.71. The van der Waals surface area contributed by atoms with Crippen LogP contribution in [-0.4, -0.2) is 50.6 Å². The summed E-state index contributed by atoms with van der Waals surface area (Å²) in [5.74, 6) is 1.42.